The molecule has 0 radical (unpaired) electrons. The summed E-state index contributed by atoms with van der Waals surface area (Å²) >= 11 is 0. The van der Waals surface area contributed by atoms with Gasteiger partial charge in [0.25, 0.3) is 0 Å². The van der Waals surface area contributed by atoms with Crippen molar-refractivity contribution in [2.24, 2.45) is 18.7 Å². The molecular weight excluding hydrogens is 266 g/mol. The number of aryl methyl sites for hydroxylation is 1. The van der Waals surface area contributed by atoms with Crippen molar-refractivity contribution in [2.75, 3.05) is 17.8 Å². The van der Waals surface area contributed by atoms with Crippen LogP contribution in [0.2, 0.25) is 0 Å². The zero-order valence-corrected chi connectivity index (χ0v) is 12.2. The Morgan fingerprint density at radius 2 is 2.32 bits per heavy atom. The maximum Gasteiger partial charge on any atom is 0.302 e. The first kappa shape index (κ1) is 14.3. The number of hydrogen-bond donors (Lipinski definition) is 2. The lowest BCUT2D eigenvalue weighted by molar-refractivity contribution is 0.282. The molecule has 0 saturated carbocycles. The highest BCUT2D eigenvalue weighted by Gasteiger charge is 2.28. The van der Waals surface area contributed by atoms with E-state index in [0.29, 0.717) is 30.4 Å². The molecule has 0 aromatic carbocycles. The number of hydrogen-bond acceptors (Lipinski definition) is 4. The monoisotopic (exact) mass is 287 g/mol. The number of nitrogens with one attached hydrogen (secondary N) is 1. The summed E-state index contributed by atoms with van der Waals surface area (Å²) in [6, 6.07) is 0. The van der Waals surface area contributed by atoms with Crippen LogP contribution in [0.5, 0.6) is 0 Å². The molecule has 3 N–H and O–H groups in total. The molecule has 1 aliphatic heterocycles. The second-order valence-corrected chi connectivity index (χ2v) is 6.73. The molecule has 8 heteroatoms. The number of nitrogens with zero attached hydrogens (tertiary/aromatic N) is 3. The van der Waals surface area contributed by atoms with Crippen LogP contribution >= 0.6 is 0 Å². The first-order valence-electron chi connectivity index (χ1n) is 6.43. The zero-order valence-electron chi connectivity index (χ0n) is 11.3. The Kier molecular flexibility index (Phi) is 4.12. The van der Waals surface area contributed by atoms with Gasteiger partial charge in [-0.05, 0) is 18.8 Å². The average Bonchev–Trinajstić information content (AvgIpc) is 2.70. The van der Waals surface area contributed by atoms with Crippen LogP contribution in [0.3, 0.4) is 0 Å². The van der Waals surface area contributed by atoms with Gasteiger partial charge in [-0.3, -0.25) is 9.40 Å². The van der Waals surface area contributed by atoms with Gasteiger partial charge >= 0.3 is 10.2 Å². The third kappa shape index (κ3) is 3.07. The van der Waals surface area contributed by atoms with Gasteiger partial charge in [0.1, 0.15) is 5.82 Å². The Morgan fingerprint density at radius 3 is 2.95 bits per heavy atom. The molecule has 1 fully saturated rings. The van der Waals surface area contributed by atoms with Crippen LogP contribution in [0.4, 0.5) is 5.82 Å². The molecular formula is C11H21N5O2S. The van der Waals surface area contributed by atoms with E-state index in [4.69, 9.17) is 5.73 Å². The van der Waals surface area contributed by atoms with Gasteiger partial charge in [-0.15, -0.1) is 0 Å². The molecule has 7 nitrogen and oxygen atoms in total. The van der Waals surface area contributed by atoms with E-state index in [-0.39, 0.29) is 6.54 Å². The molecule has 1 unspecified atom stereocenters. The Labute approximate surface area is 113 Å². The van der Waals surface area contributed by atoms with Crippen molar-refractivity contribution in [2.45, 2.75) is 26.3 Å². The highest BCUT2D eigenvalue weighted by atomic mass is 32.2. The van der Waals surface area contributed by atoms with E-state index >= 15 is 0 Å². The third-order valence-corrected chi connectivity index (χ3v) is 4.88. The fourth-order valence-corrected chi connectivity index (χ4v) is 3.77. The van der Waals surface area contributed by atoms with Gasteiger partial charge in [-0.2, -0.15) is 17.8 Å². The van der Waals surface area contributed by atoms with Crippen LogP contribution < -0.4 is 10.5 Å². The Bertz CT molecular complexity index is 539. The lowest BCUT2D eigenvalue weighted by atomic mass is 10.0. The Balaban J connectivity index is 2.18. The predicted molar refractivity (Wildman–Crippen MR) is 73.6 cm³/mol. The van der Waals surface area contributed by atoms with Crippen LogP contribution in [-0.2, 0) is 23.8 Å². The second kappa shape index (κ2) is 5.48. The normalized spacial score (nSPS) is 21.5. The molecule has 19 heavy (non-hydrogen) atoms. The van der Waals surface area contributed by atoms with Gasteiger partial charge in [0.2, 0.25) is 0 Å². The van der Waals surface area contributed by atoms with Crippen molar-refractivity contribution in [1.29, 1.82) is 0 Å². The van der Waals surface area contributed by atoms with E-state index in [1.807, 2.05) is 0 Å². The standard InChI is InChI=1S/C11H21N5O2S/c1-9-4-3-5-16(8-9)19(17,18)14-11-10(6-12)7-13-15(11)2/h7,9,14H,3-6,8,12H2,1-2H3. The average molecular weight is 287 g/mol. The maximum absolute atomic E-state index is 12.4. The van der Waals surface area contributed by atoms with Crippen molar-refractivity contribution in [3.63, 3.8) is 0 Å². The van der Waals surface area contributed by atoms with Crippen LogP contribution in [0.15, 0.2) is 6.20 Å². The van der Waals surface area contributed by atoms with Gasteiger partial charge in [0.05, 0.1) is 6.20 Å². The number of nitrogens with two attached hydrogens (primary N) is 1. The molecule has 1 aromatic heterocycles. The minimum absolute atomic E-state index is 0.252. The van der Waals surface area contributed by atoms with Gasteiger partial charge < -0.3 is 5.73 Å². The van der Waals surface area contributed by atoms with E-state index in [2.05, 4.69) is 16.7 Å². The molecule has 108 valence electrons. The fraction of sp³-hybridized carbons (Fsp3) is 0.727. The number of piperidine rings is 1. The van der Waals surface area contributed by atoms with Crippen molar-refractivity contribution in [3.8, 4) is 0 Å². The van der Waals surface area contributed by atoms with Gasteiger partial charge in [0.15, 0.2) is 0 Å². The summed E-state index contributed by atoms with van der Waals surface area (Å²) in [4.78, 5) is 0. The largest absolute Gasteiger partial charge is 0.326 e. The van der Waals surface area contributed by atoms with E-state index in [1.165, 1.54) is 8.99 Å². The quantitative estimate of drug-likeness (QED) is 0.831. The van der Waals surface area contributed by atoms with Crippen molar-refractivity contribution < 1.29 is 8.42 Å². The van der Waals surface area contributed by atoms with Gasteiger partial charge in [-0.1, -0.05) is 6.92 Å². The topological polar surface area (TPSA) is 93.2 Å². The molecule has 2 rings (SSSR count). The van der Waals surface area contributed by atoms with Crippen LogP contribution in [0.25, 0.3) is 0 Å². The van der Waals surface area contributed by atoms with E-state index in [9.17, 15) is 8.42 Å². The zero-order chi connectivity index (χ0) is 14.0. The summed E-state index contributed by atoms with van der Waals surface area (Å²) in [5.41, 5.74) is 6.27. The minimum atomic E-state index is -3.53. The minimum Gasteiger partial charge on any atom is -0.326 e. The fourth-order valence-electron chi connectivity index (χ4n) is 2.32. The number of anilines is 1. The summed E-state index contributed by atoms with van der Waals surface area (Å²) in [7, 11) is -1.84. The SMILES string of the molecule is CC1CCCN(S(=O)(=O)Nc2c(CN)cnn2C)C1. The van der Waals surface area contributed by atoms with Crippen molar-refractivity contribution >= 4 is 16.0 Å². The molecule has 0 spiro atoms. The highest BCUT2D eigenvalue weighted by Crippen LogP contribution is 2.21. The van der Waals surface area contributed by atoms with Crippen LogP contribution in [0.1, 0.15) is 25.3 Å². The van der Waals surface area contributed by atoms with Crippen molar-refractivity contribution in [3.05, 3.63) is 11.8 Å². The summed E-state index contributed by atoms with van der Waals surface area (Å²) in [6.45, 7) is 3.44. The summed E-state index contributed by atoms with van der Waals surface area (Å²) in [5.74, 6) is 0.839. The molecule has 1 atom stereocenters. The first-order valence-corrected chi connectivity index (χ1v) is 7.87. The summed E-state index contributed by atoms with van der Waals surface area (Å²) in [5, 5.41) is 4.02. The Morgan fingerprint density at radius 1 is 1.58 bits per heavy atom. The van der Waals surface area contributed by atoms with Crippen LogP contribution in [0, 0.1) is 5.92 Å². The molecule has 0 aliphatic carbocycles. The third-order valence-electron chi connectivity index (χ3n) is 3.42. The molecule has 2 heterocycles. The van der Waals surface area contributed by atoms with Gasteiger partial charge in [-0.25, -0.2) is 0 Å². The summed E-state index contributed by atoms with van der Waals surface area (Å²) in [6.07, 6.45) is 3.56. The first-order chi connectivity index (χ1) is 8.94. The molecule has 1 saturated heterocycles. The lowest BCUT2D eigenvalue weighted by Gasteiger charge is -2.30. The molecule has 0 amide bonds. The second-order valence-electron chi connectivity index (χ2n) is 5.06. The van der Waals surface area contributed by atoms with E-state index < -0.39 is 10.2 Å². The highest BCUT2D eigenvalue weighted by molar-refractivity contribution is 7.90. The van der Waals surface area contributed by atoms with Crippen molar-refractivity contribution in [1.82, 2.24) is 14.1 Å². The van der Waals surface area contributed by atoms with E-state index in [1.54, 1.807) is 13.2 Å². The van der Waals surface area contributed by atoms with Crippen LogP contribution in [-0.4, -0.2) is 35.6 Å². The molecule has 1 aliphatic rings. The molecule has 1 aromatic rings. The predicted octanol–water partition coefficient (Wildman–Crippen LogP) is 0.267. The molecule has 0 bridgehead atoms. The lowest BCUT2D eigenvalue weighted by Crippen LogP contribution is -2.42. The maximum atomic E-state index is 12.4. The van der Waals surface area contributed by atoms with E-state index in [0.717, 1.165) is 12.8 Å². The summed E-state index contributed by atoms with van der Waals surface area (Å²) < 4.78 is 30.3. The smallest absolute Gasteiger partial charge is 0.302 e. The number of rotatable bonds is 4. The van der Waals surface area contributed by atoms with Gasteiger partial charge in [0, 0.05) is 32.2 Å². The number of aromatic nitrogens is 2. The Hall–Kier alpha value is -1.12.